The second-order valence-corrected chi connectivity index (χ2v) is 12.1. The first-order valence-electron chi connectivity index (χ1n) is 11.1. The first-order valence-corrected chi connectivity index (χ1v) is 14.7. The van der Waals surface area contributed by atoms with Crippen molar-refractivity contribution in [2.45, 2.75) is 44.5 Å². The van der Waals surface area contributed by atoms with Gasteiger partial charge < -0.3 is 14.2 Å². The molecule has 1 aliphatic rings. The molecular formula is C22H28N2O12S2. The highest BCUT2D eigenvalue weighted by atomic mass is 32.2. The lowest BCUT2D eigenvalue weighted by molar-refractivity contribution is -0.159. The van der Waals surface area contributed by atoms with Crippen molar-refractivity contribution in [3.63, 3.8) is 0 Å². The van der Waals surface area contributed by atoms with Crippen LogP contribution in [0.1, 0.15) is 24.3 Å². The van der Waals surface area contributed by atoms with Crippen LogP contribution < -0.4 is 11.2 Å². The highest BCUT2D eigenvalue weighted by Crippen LogP contribution is 2.42. The Morgan fingerprint density at radius 3 is 2.16 bits per heavy atom. The van der Waals surface area contributed by atoms with Crippen molar-refractivity contribution in [1.82, 2.24) is 9.55 Å². The number of ether oxygens (including phenoxy) is 3. The molecule has 38 heavy (non-hydrogen) atoms. The standard InChI is InChI=1S/C22H28N2O12S2/c1-14-10-24(21(27)23-19(14)26)20-17(35-15(2)25)18(32-11-16-8-6-5-7-9-16)22(36-20,12-33-37(3,28)29)13-34-38(4,30)31/h5-10,17-18,20H,11-13H2,1-4H3,(H,23,26,27)/t17-,18-,20-/m1/s1. The van der Waals surface area contributed by atoms with E-state index >= 15 is 0 Å². The van der Waals surface area contributed by atoms with Crippen molar-refractivity contribution in [1.29, 1.82) is 0 Å². The average molecular weight is 577 g/mol. The zero-order valence-electron chi connectivity index (χ0n) is 21.0. The number of esters is 1. The third-order valence-electron chi connectivity index (χ3n) is 5.48. The Bertz CT molecular complexity index is 1450. The minimum Gasteiger partial charge on any atom is -0.455 e. The summed E-state index contributed by atoms with van der Waals surface area (Å²) in [5.74, 6) is -0.810. The third kappa shape index (κ3) is 7.58. The number of aryl methyl sites for hydroxylation is 1. The van der Waals surface area contributed by atoms with Gasteiger partial charge in [0.1, 0.15) is 19.3 Å². The molecule has 210 valence electrons. The quantitative estimate of drug-likeness (QED) is 0.269. The van der Waals surface area contributed by atoms with Gasteiger partial charge in [-0.1, -0.05) is 30.3 Å². The van der Waals surface area contributed by atoms with E-state index in [1.54, 1.807) is 30.3 Å². The number of hydrogen-bond donors (Lipinski definition) is 1. The topological polar surface area (TPSA) is 186 Å². The number of H-pyrrole nitrogens is 1. The van der Waals surface area contributed by atoms with Crippen LogP contribution in [-0.2, 0) is 54.2 Å². The van der Waals surface area contributed by atoms with Crippen molar-refractivity contribution in [3.05, 3.63) is 68.5 Å². The maximum atomic E-state index is 12.7. The maximum absolute atomic E-state index is 12.7. The molecule has 0 radical (unpaired) electrons. The van der Waals surface area contributed by atoms with E-state index in [1.165, 1.54) is 6.92 Å². The van der Waals surface area contributed by atoms with E-state index in [9.17, 15) is 31.2 Å². The summed E-state index contributed by atoms with van der Waals surface area (Å²) in [4.78, 5) is 38.9. The summed E-state index contributed by atoms with van der Waals surface area (Å²) in [5.41, 5.74) is -2.87. The number of rotatable bonds is 11. The predicted molar refractivity (Wildman–Crippen MR) is 131 cm³/mol. The number of hydrogen-bond acceptors (Lipinski definition) is 12. The van der Waals surface area contributed by atoms with Crippen molar-refractivity contribution in [3.8, 4) is 0 Å². The predicted octanol–water partition coefficient (Wildman–Crippen LogP) is -0.418. The molecule has 0 saturated carbocycles. The van der Waals surface area contributed by atoms with Gasteiger partial charge in [0.15, 0.2) is 17.9 Å². The number of aromatic nitrogens is 2. The molecule has 0 aliphatic carbocycles. The van der Waals surface area contributed by atoms with Gasteiger partial charge in [-0.05, 0) is 12.5 Å². The molecule has 3 rings (SSSR count). The molecule has 2 heterocycles. The Hall–Kier alpha value is -2.89. The largest absolute Gasteiger partial charge is 0.455 e. The molecule has 1 saturated heterocycles. The van der Waals surface area contributed by atoms with Crippen LogP contribution in [0.25, 0.3) is 0 Å². The summed E-state index contributed by atoms with van der Waals surface area (Å²) in [6.07, 6.45) is -1.67. The van der Waals surface area contributed by atoms with E-state index in [-0.39, 0.29) is 12.2 Å². The van der Waals surface area contributed by atoms with Crippen LogP contribution in [0.5, 0.6) is 0 Å². The number of carbonyl (C=O) groups is 1. The van der Waals surface area contributed by atoms with E-state index in [4.69, 9.17) is 22.6 Å². The van der Waals surface area contributed by atoms with Crippen molar-refractivity contribution in [2.24, 2.45) is 0 Å². The molecule has 0 bridgehead atoms. The lowest BCUT2D eigenvalue weighted by atomic mass is 9.96. The van der Waals surface area contributed by atoms with Crippen LogP contribution >= 0.6 is 0 Å². The fraction of sp³-hybridized carbons (Fsp3) is 0.500. The second kappa shape index (κ2) is 11.5. The van der Waals surface area contributed by atoms with Crippen molar-refractivity contribution < 1.29 is 44.2 Å². The molecule has 1 aliphatic heterocycles. The zero-order valence-corrected chi connectivity index (χ0v) is 22.6. The van der Waals surface area contributed by atoms with Crippen LogP contribution in [0, 0.1) is 6.92 Å². The molecule has 0 unspecified atom stereocenters. The van der Waals surface area contributed by atoms with E-state index in [0.717, 1.165) is 30.2 Å². The summed E-state index contributed by atoms with van der Waals surface area (Å²) >= 11 is 0. The van der Waals surface area contributed by atoms with Gasteiger partial charge in [0.25, 0.3) is 25.8 Å². The van der Waals surface area contributed by atoms with E-state index < -0.39 is 74.7 Å². The fourth-order valence-corrected chi connectivity index (χ4v) is 4.65. The maximum Gasteiger partial charge on any atom is 0.330 e. The van der Waals surface area contributed by atoms with Crippen LogP contribution in [0.4, 0.5) is 0 Å². The summed E-state index contributed by atoms with van der Waals surface area (Å²) in [6.45, 7) is 0.740. The van der Waals surface area contributed by atoms with Gasteiger partial charge in [0, 0.05) is 18.7 Å². The molecule has 14 nitrogen and oxygen atoms in total. The molecule has 1 fully saturated rings. The Morgan fingerprint density at radius 2 is 1.63 bits per heavy atom. The number of nitrogens with one attached hydrogen (secondary N) is 1. The van der Waals surface area contributed by atoms with Gasteiger partial charge in [-0.2, -0.15) is 16.8 Å². The van der Waals surface area contributed by atoms with Gasteiger partial charge in [0.2, 0.25) is 0 Å². The lowest BCUT2D eigenvalue weighted by Gasteiger charge is -2.33. The monoisotopic (exact) mass is 576 g/mol. The van der Waals surface area contributed by atoms with Gasteiger partial charge in [-0.15, -0.1) is 0 Å². The van der Waals surface area contributed by atoms with Crippen LogP contribution in [0.15, 0.2) is 46.1 Å². The molecule has 1 N–H and O–H groups in total. The van der Waals surface area contributed by atoms with Crippen LogP contribution in [0.3, 0.4) is 0 Å². The molecular weight excluding hydrogens is 548 g/mol. The number of benzene rings is 1. The highest BCUT2D eigenvalue weighted by molar-refractivity contribution is 7.86. The summed E-state index contributed by atoms with van der Waals surface area (Å²) in [5, 5.41) is 0. The van der Waals surface area contributed by atoms with Crippen molar-refractivity contribution >= 4 is 26.2 Å². The van der Waals surface area contributed by atoms with E-state index in [0.29, 0.717) is 5.56 Å². The average Bonchev–Trinajstić information content (AvgIpc) is 3.10. The first-order chi connectivity index (χ1) is 17.6. The van der Waals surface area contributed by atoms with Crippen LogP contribution in [0.2, 0.25) is 0 Å². The lowest BCUT2D eigenvalue weighted by Crippen LogP contribution is -2.53. The molecule has 2 aromatic rings. The van der Waals surface area contributed by atoms with E-state index in [1.807, 2.05) is 0 Å². The summed E-state index contributed by atoms with van der Waals surface area (Å²) < 4.78 is 76.1. The van der Waals surface area contributed by atoms with Gasteiger partial charge >= 0.3 is 11.7 Å². The first kappa shape index (κ1) is 29.7. The minimum absolute atomic E-state index is 0.105. The Balaban J connectivity index is 2.18. The Morgan fingerprint density at radius 1 is 1.05 bits per heavy atom. The fourth-order valence-electron chi connectivity index (χ4n) is 3.82. The molecule has 3 atom stereocenters. The number of carbonyl (C=O) groups excluding carboxylic acids is 1. The van der Waals surface area contributed by atoms with E-state index in [2.05, 4.69) is 4.98 Å². The van der Waals surface area contributed by atoms with Gasteiger partial charge in [-0.3, -0.25) is 27.5 Å². The smallest absolute Gasteiger partial charge is 0.330 e. The van der Waals surface area contributed by atoms with Gasteiger partial charge in [-0.25, -0.2) is 4.79 Å². The minimum atomic E-state index is -4.10. The number of nitrogens with zero attached hydrogens (tertiary/aromatic N) is 1. The second-order valence-electron chi connectivity index (χ2n) is 8.78. The molecule has 0 amide bonds. The molecule has 1 aromatic carbocycles. The van der Waals surface area contributed by atoms with Crippen molar-refractivity contribution in [2.75, 3.05) is 25.7 Å². The molecule has 0 spiro atoms. The zero-order chi connectivity index (χ0) is 28.3. The molecule has 1 aromatic heterocycles. The third-order valence-corrected chi connectivity index (χ3v) is 6.57. The SMILES string of the molecule is CC(=O)O[C@H]1[C@H](n2cc(C)c(=O)[nH]c2=O)OC(COS(C)(=O)=O)(COS(C)(=O)=O)[C@@H]1OCc1ccccc1. The Labute approximate surface area is 218 Å². The van der Waals surface area contributed by atoms with Crippen LogP contribution in [-0.4, -0.2) is 75.9 Å². The number of aromatic amines is 1. The summed E-state index contributed by atoms with van der Waals surface area (Å²) in [7, 11) is -8.20. The Kier molecular flexibility index (Phi) is 8.95. The summed E-state index contributed by atoms with van der Waals surface area (Å²) in [6, 6.07) is 8.71. The molecule has 16 heteroatoms. The normalized spacial score (nSPS) is 21.3. The van der Waals surface area contributed by atoms with Gasteiger partial charge in [0.05, 0.1) is 19.1 Å². The highest BCUT2D eigenvalue weighted by Gasteiger charge is 2.60.